The Hall–Kier alpha value is -3.58. The minimum atomic E-state index is -0.650. The molecule has 0 spiro atoms. The first-order valence-corrected chi connectivity index (χ1v) is 10.2. The zero-order chi connectivity index (χ0) is 21.3. The molecule has 0 saturated carbocycles. The number of amides is 1. The average Bonchev–Trinajstić information content (AvgIpc) is 3.23. The van der Waals surface area contributed by atoms with E-state index >= 15 is 0 Å². The van der Waals surface area contributed by atoms with E-state index in [4.69, 9.17) is 4.74 Å². The fourth-order valence-corrected chi connectivity index (χ4v) is 4.21. The van der Waals surface area contributed by atoms with Crippen molar-refractivity contribution < 1.29 is 14.6 Å². The molecule has 2 N–H and O–H groups in total. The number of rotatable bonds is 5. The van der Waals surface area contributed by atoms with Crippen LogP contribution in [-0.4, -0.2) is 22.7 Å². The molecule has 6 nitrogen and oxygen atoms in total. The van der Waals surface area contributed by atoms with E-state index in [2.05, 4.69) is 5.32 Å². The number of nitrogens with zero attached hydrogens (tertiary/aromatic N) is 1. The molecule has 152 valence electrons. The molecule has 2 aromatic carbocycles. The molecule has 0 atom stereocenters. The van der Waals surface area contributed by atoms with Crippen LogP contribution in [0.15, 0.2) is 64.8 Å². The van der Waals surface area contributed by atoms with Crippen LogP contribution in [0.25, 0.3) is 10.2 Å². The van der Waals surface area contributed by atoms with Crippen molar-refractivity contribution in [1.29, 1.82) is 0 Å². The van der Waals surface area contributed by atoms with E-state index in [0.29, 0.717) is 28.2 Å². The normalized spacial score (nSPS) is 10.9. The third kappa shape index (κ3) is 3.55. The highest BCUT2D eigenvalue weighted by molar-refractivity contribution is 7.17. The number of hydrogen-bond donors (Lipinski definition) is 2. The fraction of sp³-hybridized carbons (Fsp3) is 0.130. The van der Waals surface area contributed by atoms with Gasteiger partial charge >= 0.3 is 0 Å². The second-order valence-electron chi connectivity index (χ2n) is 6.87. The highest BCUT2D eigenvalue weighted by Crippen LogP contribution is 2.32. The van der Waals surface area contributed by atoms with Crippen LogP contribution in [0, 0.1) is 6.92 Å². The Morgan fingerprint density at radius 2 is 1.93 bits per heavy atom. The van der Waals surface area contributed by atoms with Crippen LogP contribution >= 0.6 is 11.3 Å². The van der Waals surface area contributed by atoms with Crippen LogP contribution in [0.5, 0.6) is 11.5 Å². The minimum Gasteiger partial charge on any atom is -0.505 e. The van der Waals surface area contributed by atoms with E-state index < -0.39 is 11.5 Å². The van der Waals surface area contributed by atoms with Gasteiger partial charge < -0.3 is 19.7 Å². The molecule has 0 unspecified atom stereocenters. The number of benzene rings is 2. The summed E-state index contributed by atoms with van der Waals surface area (Å²) >= 11 is 1.29. The quantitative estimate of drug-likeness (QED) is 0.502. The summed E-state index contributed by atoms with van der Waals surface area (Å²) in [4.78, 5) is 26.3. The number of ether oxygens (including phenoxy) is 1. The molecule has 0 aliphatic rings. The van der Waals surface area contributed by atoms with E-state index in [1.54, 1.807) is 36.8 Å². The van der Waals surface area contributed by atoms with Gasteiger partial charge in [0.1, 0.15) is 11.3 Å². The Balaban J connectivity index is 1.79. The van der Waals surface area contributed by atoms with E-state index in [-0.39, 0.29) is 11.3 Å². The maximum absolute atomic E-state index is 13.2. The highest BCUT2D eigenvalue weighted by Gasteiger charge is 2.23. The lowest BCUT2D eigenvalue weighted by Gasteiger charge is -2.14. The standard InChI is InChI=1S/C23H20N2O4S/c1-14-12-16(29-2)8-9-17(14)24-22(27)19-20(26)21-18(10-11-30-21)25(23(19)28)13-15-6-4-3-5-7-15/h3-12,26H,13H2,1-2H3,(H,24,27). The van der Waals surface area contributed by atoms with Crippen molar-refractivity contribution in [3.8, 4) is 11.5 Å². The number of nitrogens with one attached hydrogen (secondary N) is 1. The van der Waals surface area contributed by atoms with Gasteiger partial charge in [0.25, 0.3) is 11.5 Å². The SMILES string of the molecule is COc1ccc(NC(=O)c2c(O)c3sccc3n(Cc3ccccc3)c2=O)c(C)c1. The number of thiophene rings is 1. The van der Waals surface area contributed by atoms with Gasteiger partial charge in [0, 0.05) is 5.69 Å². The summed E-state index contributed by atoms with van der Waals surface area (Å²) in [6, 6.07) is 16.5. The maximum Gasteiger partial charge on any atom is 0.268 e. The number of pyridine rings is 1. The van der Waals surface area contributed by atoms with Crippen molar-refractivity contribution in [3.63, 3.8) is 0 Å². The van der Waals surface area contributed by atoms with Gasteiger partial charge in [-0.15, -0.1) is 11.3 Å². The molecule has 7 heteroatoms. The van der Waals surface area contributed by atoms with Gasteiger partial charge in [-0.1, -0.05) is 30.3 Å². The maximum atomic E-state index is 13.2. The summed E-state index contributed by atoms with van der Waals surface area (Å²) < 4.78 is 7.21. The van der Waals surface area contributed by atoms with Crippen molar-refractivity contribution in [2.45, 2.75) is 13.5 Å². The van der Waals surface area contributed by atoms with E-state index in [1.165, 1.54) is 15.9 Å². The molecule has 0 aliphatic carbocycles. The first kappa shape index (κ1) is 19.7. The number of anilines is 1. The van der Waals surface area contributed by atoms with Gasteiger partial charge in [-0.3, -0.25) is 9.59 Å². The third-order valence-corrected chi connectivity index (χ3v) is 5.85. The van der Waals surface area contributed by atoms with Crippen molar-refractivity contribution in [2.24, 2.45) is 0 Å². The second kappa shape index (κ2) is 8.04. The number of aromatic nitrogens is 1. The zero-order valence-electron chi connectivity index (χ0n) is 16.5. The number of hydrogen-bond acceptors (Lipinski definition) is 5. The third-order valence-electron chi connectivity index (χ3n) is 4.94. The summed E-state index contributed by atoms with van der Waals surface area (Å²) in [5.41, 5.74) is 2.05. The predicted octanol–water partition coefficient (Wildman–Crippen LogP) is 4.39. The van der Waals surface area contributed by atoms with E-state index in [1.807, 2.05) is 37.3 Å². The lowest BCUT2D eigenvalue weighted by molar-refractivity contribution is 0.102. The van der Waals surface area contributed by atoms with Crippen molar-refractivity contribution in [3.05, 3.63) is 87.0 Å². The number of carbonyl (C=O) groups excluding carboxylic acids is 1. The fourth-order valence-electron chi connectivity index (χ4n) is 3.37. The van der Waals surface area contributed by atoms with Crippen LogP contribution in [0.2, 0.25) is 0 Å². The first-order valence-electron chi connectivity index (χ1n) is 9.32. The molecule has 0 fully saturated rings. The Morgan fingerprint density at radius 1 is 1.17 bits per heavy atom. The molecule has 0 radical (unpaired) electrons. The molecular weight excluding hydrogens is 400 g/mol. The molecule has 0 bridgehead atoms. The smallest absolute Gasteiger partial charge is 0.268 e. The molecule has 4 rings (SSSR count). The number of aryl methyl sites for hydroxylation is 1. The van der Waals surface area contributed by atoms with Crippen molar-refractivity contribution in [2.75, 3.05) is 12.4 Å². The molecule has 2 aromatic heterocycles. The summed E-state index contributed by atoms with van der Waals surface area (Å²) in [6.07, 6.45) is 0. The van der Waals surface area contributed by atoms with Crippen LogP contribution in [0.1, 0.15) is 21.5 Å². The van der Waals surface area contributed by atoms with Gasteiger partial charge in [-0.05, 0) is 47.7 Å². The summed E-state index contributed by atoms with van der Waals surface area (Å²) in [7, 11) is 1.57. The lowest BCUT2D eigenvalue weighted by Crippen LogP contribution is -2.30. The topological polar surface area (TPSA) is 80.6 Å². The Bertz CT molecular complexity index is 1290. The molecule has 0 saturated heterocycles. The molecule has 2 heterocycles. The number of fused-ring (bicyclic) bond motifs is 1. The van der Waals surface area contributed by atoms with E-state index in [9.17, 15) is 14.7 Å². The number of methoxy groups -OCH3 is 1. The molecule has 1 amide bonds. The van der Waals surface area contributed by atoms with Crippen LogP contribution in [0.4, 0.5) is 5.69 Å². The first-order chi connectivity index (χ1) is 14.5. The van der Waals surface area contributed by atoms with Crippen LogP contribution in [-0.2, 0) is 6.54 Å². The number of aromatic hydroxyl groups is 1. The van der Waals surface area contributed by atoms with E-state index in [0.717, 1.165) is 11.1 Å². The van der Waals surface area contributed by atoms with Crippen molar-refractivity contribution >= 4 is 33.1 Å². The minimum absolute atomic E-state index is 0.268. The summed E-state index contributed by atoms with van der Waals surface area (Å²) in [5.74, 6) is -0.278. The lowest BCUT2D eigenvalue weighted by atomic mass is 10.1. The molecule has 30 heavy (non-hydrogen) atoms. The zero-order valence-corrected chi connectivity index (χ0v) is 17.3. The Morgan fingerprint density at radius 3 is 2.63 bits per heavy atom. The molecule has 4 aromatic rings. The monoisotopic (exact) mass is 420 g/mol. The number of carbonyl (C=O) groups is 1. The second-order valence-corrected chi connectivity index (χ2v) is 7.79. The average molecular weight is 420 g/mol. The van der Waals surface area contributed by atoms with Gasteiger partial charge in [-0.25, -0.2) is 0 Å². The van der Waals surface area contributed by atoms with Gasteiger partial charge in [0.15, 0.2) is 5.75 Å². The largest absolute Gasteiger partial charge is 0.505 e. The Labute approximate surface area is 177 Å². The van der Waals surface area contributed by atoms with Gasteiger partial charge in [-0.2, -0.15) is 0 Å². The van der Waals surface area contributed by atoms with Crippen molar-refractivity contribution in [1.82, 2.24) is 4.57 Å². The van der Waals surface area contributed by atoms with Gasteiger partial charge in [0.05, 0.1) is 23.9 Å². The molecule has 0 aliphatic heterocycles. The summed E-state index contributed by atoms with van der Waals surface area (Å²) in [6.45, 7) is 2.13. The Kier molecular flexibility index (Phi) is 5.29. The van der Waals surface area contributed by atoms with Crippen LogP contribution in [0.3, 0.4) is 0 Å². The highest BCUT2D eigenvalue weighted by atomic mass is 32.1. The van der Waals surface area contributed by atoms with Gasteiger partial charge in [0.2, 0.25) is 0 Å². The molecular formula is C23H20N2O4S. The van der Waals surface area contributed by atoms with Crippen LogP contribution < -0.4 is 15.6 Å². The predicted molar refractivity (Wildman–Crippen MR) is 119 cm³/mol. The summed E-state index contributed by atoms with van der Waals surface area (Å²) in [5, 5.41) is 15.3.